The molecule has 0 aliphatic carbocycles. The molecule has 21 heavy (non-hydrogen) atoms. The van der Waals surface area contributed by atoms with Gasteiger partial charge in [-0.2, -0.15) is 0 Å². The van der Waals surface area contributed by atoms with Crippen LogP contribution in [-0.2, 0) is 0 Å². The highest BCUT2D eigenvalue weighted by molar-refractivity contribution is 7.99. The Hall–Kier alpha value is -2.02. The van der Waals surface area contributed by atoms with Gasteiger partial charge in [-0.3, -0.25) is 0 Å². The summed E-state index contributed by atoms with van der Waals surface area (Å²) in [6, 6.07) is 6.39. The van der Waals surface area contributed by atoms with Crippen LogP contribution in [0.3, 0.4) is 0 Å². The summed E-state index contributed by atoms with van der Waals surface area (Å²) in [5.74, 6) is 1.03. The topological polar surface area (TPSA) is 85.5 Å². The number of carboxylic acid groups (broad SMARTS) is 1. The number of hydrogen-bond acceptors (Lipinski definition) is 6. The quantitative estimate of drug-likeness (QED) is 0.621. The van der Waals surface area contributed by atoms with E-state index in [0.29, 0.717) is 29.2 Å². The van der Waals surface area contributed by atoms with E-state index in [4.69, 9.17) is 14.3 Å². The van der Waals surface area contributed by atoms with E-state index in [9.17, 15) is 4.79 Å². The van der Waals surface area contributed by atoms with Gasteiger partial charge >= 0.3 is 5.97 Å². The first-order valence-electron chi connectivity index (χ1n) is 6.48. The Labute approximate surface area is 126 Å². The van der Waals surface area contributed by atoms with E-state index >= 15 is 0 Å². The maximum absolute atomic E-state index is 10.8. The Morgan fingerprint density at radius 2 is 2.24 bits per heavy atom. The lowest BCUT2D eigenvalue weighted by molar-refractivity contribution is 0.0696. The number of aromatic nitrogens is 2. The van der Waals surface area contributed by atoms with Gasteiger partial charge in [-0.05, 0) is 18.2 Å². The molecule has 1 heterocycles. The van der Waals surface area contributed by atoms with Crippen molar-refractivity contribution in [2.45, 2.75) is 25.0 Å². The van der Waals surface area contributed by atoms with Gasteiger partial charge in [0.15, 0.2) is 0 Å². The van der Waals surface area contributed by atoms with E-state index in [1.165, 1.54) is 23.9 Å². The van der Waals surface area contributed by atoms with Crippen LogP contribution in [0.2, 0.25) is 0 Å². The van der Waals surface area contributed by atoms with Crippen LogP contribution >= 0.6 is 11.8 Å². The van der Waals surface area contributed by atoms with Gasteiger partial charge in [-0.1, -0.05) is 31.7 Å². The zero-order valence-corrected chi connectivity index (χ0v) is 12.6. The SMILES string of the molecule is CC(C)c1nnc(SCCOc2cccc(C(=O)O)c2)o1. The Bertz CT molecular complexity index is 613. The van der Waals surface area contributed by atoms with Gasteiger partial charge in [0.05, 0.1) is 12.2 Å². The minimum atomic E-state index is -0.970. The van der Waals surface area contributed by atoms with Gasteiger partial charge in [0.25, 0.3) is 5.22 Å². The third kappa shape index (κ3) is 4.49. The molecule has 0 amide bonds. The molecule has 0 spiro atoms. The molecule has 0 fully saturated rings. The highest BCUT2D eigenvalue weighted by Gasteiger charge is 2.10. The van der Waals surface area contributed by atoms with E-state index in [1.807, 2.05) is 13.8 Å². The molecule has 2 aromatic rings. The van der Waals surface area contributed by atoms with Crippen molar-refractivity contribution in [3.63, 3.8) is 0 Å². The lowest BCUT2D eigenvalue weighted by Crippen LogP contribution is -2.02. The molecule has 0 atom stereocenters. The van der Waals surface area contributed by atoms with E-state index in [2.05, 4.69) is 10.2 Å². The number of nitrogens with zero attached hydrogens (tertiary/aromatic N) is 2. The van der Waals surface area contributed by atoms with Gasteiger partial charge in [-0.25, -0.2) is 4.79 Å². The molecule has 1 aromatic carbocycles. The van der Waals surface area contributed by atoms with Crippen molar-refractivity contribution in [2.24, 2.45) is 0 Å². The molecule has 112 valence electrons. The van der Waals surface area contributed by atoms with Gasteiger partial charge in [0, 0.05) is 11.7 Å². The van der Waals surface area contributed by atoms with Gasteiger partial charge < -0.3 is 14.3 Å². The maximum atomic E-state index is 10.8. The summed E-state index contributed by atoms with van der Waals surface area (Å²) in [7, 11) is 0. The second-order valence-corrected chi connectivity index (χ2v) is 5.64. The number of rotatable bonds is 7. The van der Waals surface area contributed by atoms with E-state index in [1.54, 1.807) is 12.1 Å². The first-order chi connectivity index (χ1) is 10.1. The normalized spacial score (nSPS) is 10.8. The van der Waals surface area contributed by atoms with Crippen LogP contribution in [0.5, 0.6) is 5.75 Å². The van der Waals surface area contributed by atoms with Crippen LogP contribution in [0.15, 0.2) is 33.9 Å². The molecular formula is C14H16N2O4S. The Morgan fingerprint density at radius 3 is 2.90 bits per heavy atom. The van der Waals surface area contributed by atoms with Gasteiger partial charge in [0.1, 0.15) is 5.75 Å². The molecule has 7 heteroatoms. The smallest absolute Gasteiger partial charge is 0.335 e. The van der Waals surface area contributed by atoms with Crippen LogP contribution in [0.1, 0.15) is 36.0 Å². The number of aromatic carboxylic acids is 1. The molecule has 0 saturated carbocycles. The Morgan fingerprint density at radius 1 is 1.43 bits per heavy atom. The average Bonchev–Trinajstić information content (AvgIpc) is 2.93. The molecule has 0 radical (unpaired) electrons. The summed E-state index contributed by atoms with van der Waals surface area (Å²) < 4.78 is 11.0. The minimum Gasteiger partial charge on any atom is -0.493 e. The average molecular weight is 308 g/mol. The Balaban J connectivity index is 1.79. The highest BCUT2D eigenvalue weighted by atomic mass is 32.2. The molecule has 2 rings (SSSR count). The van der Waals surface area contributed by atoms with Gasteiger partial charge in [-0.15, -0.1) is 10.2 Å². The van der Waals surface area contributed by atoms with Crippen LogP contribution in [0.4, 0.5) is 0 Å². The van der Waals surface area contributed by atoms with Crippen molar-refractivity contribution >= 4 is 17.7 Å². The van der Waals surface area contributed by atoms with Crippen molar-refractivity contribution in [1.29, 1.82) is 0 Å². The van der Waals surface area contributed by atoms with Crippen LogP contribution in [0, 0.1) is 0 Å². The standard InChI is InChI=1S/C14H16N2O4S/c1-9(2)12-15-16-14(20-12)21-7-6-19-11-5-3-4-10(8-11)13(17)18/h3-5,8-9H,6-7H2,1-2H3,(H,17,18). The van der Waals surface area contributed by atoms with Crippen LogP contribution in [-0.4, -0.2) is 33.6 Å². The van der Waals surface area contributed by atoms with Crippen molar-refractivity contribution in [1.82, 2.24) is 10.2 Å². The molecular weight excluding hydrogens is 292 g/mol. The molecule has 1 N–H and O–H groups in total. The highest BCUT2D eigenvalue weighted by Crippen LogP contribution is 2.20. The summed E-state index contributed by atoms with van der Waals surface area (Å²) in [4.78, 5) is 10.8. The summed E-state index contributed by atoms with van der Waals surface area (Å²) in [5.41, 5.74) is 0.207. The maximum Gasteiger partial charge on any atom is 0.335 e. The molecule has 0 saturated heterocycles. The lowest BCUT2D eigenvalue weighted by Gasteiger charge is -2.05. The molecule has 6 nitrogen and oxygen atoms in total. The number of hydrogen-bond donors (Lipinski definition) is 1. The van der Waals surface area contributed by atoms with E-state index in [-0.39, 0.29) is 11.5 Å². The fraction of sp³-hybridized carbons (Fsp3) is 0.357. The number of thioether (sulfide) groups is 1. The van der Waals surface area contributed by atoms with E-state index in [0.717, 1.165) is 0 Å². The molecule has 1 aromatic heterocycles. The Kier molecular flexibility index (Phi) is 5.21. The zero-order valence-electron chi connectivity index (χ0n) is 11.8. The predicted octanol–water partition coefficient (Wildman–Crippen LogP) is 3.06. The fourth-order valence-corrected chi connectivity index (χ4v) is 2.10. The number of carbonyl (C=O) groups is 1. The summed E-state index contributed by atoms with van der Waals surface area (Å²) in [5, 5.41) is 17.3. The molecule has 0 aliphatic heterocycles. The monoisotopic (exact) mass is 308 g/mol. The summed E-state index contributed by atoms with van der Waals surface area (Å²) in [6.45, 7) is 4.40. The minimum absolute atomic E-state index is 0.207. The molecule has 0 aliphatic rings. The van der Waals surface area contributed by atoms with Crippen molar-refractivity contribution < 1.29 is 19.1 Å². The number of benzene rings is 1. The number of ether oxygens (including phenoxy) is 1. The van der Waals surface area contributed by atoms with Crippen molar-refractivity contribution in [2.75, 3.05) is 12.4 Å². The largest absolute Gasteiger partial charge is 0.493 e. The molecule has 0 unspecified atom stereocenters. The number of carboxylic acids is 1. The van der Waals surface area contributed by atoms with Crippen molar-refractivity contribution in [3.8, 4) is 5.75 Å². The summed E-state index contributed by atoms with van der Waals surface area (Å²) >= 11 is 1.41. The first-order valence-corrected chi connectivity index (χ1v) is 7.47. The van der Waals surface area contributed by atoms with Crippen LogP contribution in [0.25, 0.3) is 0 Å². The second kappa shape index (κ2) is 7.12. The van der Waals surface area contributed by atoms with Gasteiger partial charge in [0.2, 0.25) is 5.89 Å². The van der Waals surface area contributed by atoms with E-state index < -0.39 is 5.97 Å². The predicted molar refractivity (Wildman–Crippen MR) is 78.0 cm³/mol. The molecule has 0 bridgehead atoms. The fourth-order valence-electron chi connectivity index (χ4n) is 1.52. The first kappa shape index (κ1) is 15.4. The van der Waals surface area contributed by atoms with Crippen molar-refractivity contribution in [3.05, 3.63) is 35.7 Å². The second-order valence-electron chi connectivity index (χ2n) is 4.59. The summed E-state index contributed by atoms with van der Waals surface area (Å²) in [6.07, 6.45) is 0. The third-order valence-electron chi connectivity index (χ3n) is 2.57. The zero-order chi connectivity index (χ0) is 15.2. The lowest BCUT2D eigenvalue weighted by atomic mass is 10.2. The third-order valence-corrected chi connectivity index (χ3v) is 3.36. The van der Waals surface area contributed by atoms with Crippen LogP contribution < -0.4 is 4.74 Å².